The number of ether oxygens (including phenoxy) is 1. The third-order valence-corrected chi connectivity index (χ3v) is 22.3. The van der Waals surface area contributed by atoms with Crippen LogP contribution < -0.4 is 10.4 Å². The number of allylic oxidation sites excluding steroid dienone is 12. The molecule has 62 heavy (non-hydrogen) atoms. The van der Waals surface area contributed by atoms with E-state index in [9.17, 15) is 4.79 Å². The molecule has 11 unspecified atom stereocenters. The molecular formula is C60H48O2. The van der Waals surface area contributed by atoms with Gasteiger partial charge in [-0.25, -0.2) is 0 Å². The highest BCUT2D eigenvalue weighted by Crippen LogP contribution is 2.97. The predicted molar refractivity (Wildman–Crippen MR) is 241 cm³/mol. The average molecular weight is 801 g/mol. The second kappa shape index (κ2) is 9.45. The summed E-state index contributed by atoms with van der Waals surface area (Å²) in [6.45, 7) is 4.24. The zero-order valence-corrected chi connectivity index (χ0v) is 35.3. The molecule has 6 fully saturated rings. The first-order chi connectivity index (χ1) is 30.7. The van der Waals surface area contributed by atoms with E-state index in [-0.39, 0.29) is 22.2 Å². The fourth-order valence-electron chi connectivity index (χ4n) is 21.7. The first-order valence-corrected chi connectivity index (χ1v) is 25.0. The molecule has 0 bridgehead atoms. The molecule has 2 heteroatoms. The van der Waals surface area contributed by atoms with Gasteiger partial charge in [0.15, 0.2) is 0 Å². The van der Waals surface area contributed by atoms with Crippen molar-refractivity contribution in [1.29, 1.82) is 0 Å². The molecule has 16 aliphatic rings. The molecule has 0 heterocycles. The Hall–Kier alpha value is -4.95. The molecule has 11 atom stereocenters. The second-order valence-electron chi connectivity index (χ2n) is 22.9. The Morgan fingerprint density at radius 2 is 1.39 bits per heavy atom. The second-order valence-corrected chi connectivity index (χ2v) is 22.9. The van der Waals surface area contributed by atoms with E-state index in [1.54, 1.807) is 49.4 Å². The fraction of sp³-hybridized carbons (Fsp3) is 0.417. The number of esters is 1. The molecule has 300 valence electrons. The molecule has 0 N–H and O–H groups in total. The van der Waals surface area contributed by atoms with E-state index in [0.29, 0.717) is 24.9 Å². The van der Waals surface area contributed by atoms with Gasteiger partial charge in [-0.1, -0.05) is 78.4 Å². The van der Waals surface area contributed by atoms with Gasteiger partial charge in [-0.3, -0.25) is 4.79 Å². The van der Waals surface area contributed by atoms with Gasteiger partial charge in [0.1, 0.15) is 6.61 Å². The lowest BCUT2D eigenvalue weighted by Crippen LogP contribution is -2.39. The molecule has 19 rings (SSSR count). The lowest BCUT2D eigenvalue weighted by molar-refractivity contribution is -0.145. The van der Waals surface area contributed by atoms with Crippen LogP contribution in [0.4, 0.5) is 0 Å². The largest absolute Gasteiger partial charge is 0.461 e. The monoisotopic (exact) mass is 800 g/mol. The fourth-order valence-corrected chi connectivity index (χ4v) is 21.7. The molecular weight excluding hydrogens is 753 g/mol. The zero-order chi connectivity index (χ0) is 39.7. The van der Waals surface area contributed by atoms with E-state index >= 15 is 0 Å². The molecule has 3 aromatic carbocycles. The summed E-state index contributed by atoms with van der Waals surface area (Å²) in [5.41, 5.74) is 36.9. The molecule has 0 saturated heterocycles. The van der Waals surface area contributed by atoms with Crippen molar-refractivity contribution < 1.29 is 9.53 Å². The third-order valence-electron chi connectivity index (χ3n) is 22.3. The maximum absolute atomic E-state index is 13.9. The van der Waals surface area contributed by atoms with E-state index in [4.69, 9.17) is 4.74 Å². The topological polar surface area (TPSA) is 26.3 Å². The van der Waals surface area contributed by atoms with Crippen LogP contribution in [-0.2, 0) is 27.0 Å². The zero-order valence-electron chi connectivity index (χ0n) is 35.3. The van der Waals surface area contributed by atoms with E-state index in [1.807, 2.05) is 72.9 Å². The van der Waals surface area contributed by atoms with Crippen molar-refractivity contribution in [2.24, 2.45) is 52.8 Å². The van der Waals surface area contributed by atoms with Gasteiger partial charge in [0, 0.05) is 34.5 Å². The van der Waals surface area contributed by atoms with Gasteiger partial charge >= 0.3 is 5.97 Å². The van der Waals surface area contributed by atoms with Crippen molar-refractivity contribution in [2.75, 3.05) is 0 Å². The quantitative estimate of drug-likeness (QED) is 0.212. The van der Waals surface area contributed by atoms with Gasteiger partial charge in [0.05, 0.1) is 0 Å². The minimum Gasteiger partial charge on any atom is -0.461 e. The number of fused-ring (bicyclic) bond motifs is 3. The molecule has 0 radical (unpaired) electrons. The molecule has 2 spiro atoms. The summed E-state index contributed by atoms with van der Waals surface area (Å²) in [6, 6.07) is 20.3. The maximum atomic E-state index is 13.9. The summed E-state index contributed by atoms with van der Waals surface area (Å²) in [4.78, 5) is 13.9. The van der Waals surface area contributed by atoms with Crippen LogP contribution >= 0.6 is 0 Å². The van der Waals surface area contributed by atoms with Crippen LogP contribution in [0, 0.1) is 52.8 Å². The molecule has 0 aromatic heterocycles. The number of carbonyl (C=O) groups is 1. The normalized spacial score (nSPS) is 40.4. The van der Waals surface area contributed by atoms with Crippen LogP contribution in [0.1, 0.15) is 122 Å². The summed E-state index contributed by atoms with van der Waals surface area (Å²) in [5.74, 6) is 6.35. The number of hydrogen-bond acceptors (Lipinski definition) is 2. The molecule has 0 aliphatic heterocycles. The Balaban J connectivity index is 0.910. The predicted octanol–water partition coefficient (Wildman–Crippen LogP) is 10.9. The average Bonchev–Trinajstić information content (AvgIpc) is 3.97. The minimum absolute atomic E-state index is 0.0354. The van der Waals surface area contributed by atoms with E-state index in [1.165, 1.54) is 64.2 Å². The summed E-state index contributed by atoms with van der Waals surface area (Å²) < 4.78 is 6.08. The summed E-state index contributed by atoms with van der Waals surface area (Å²) in [5, 5.41) is 3.55. The maximum Gasteiger partial charge on any atom is 0.306 e. The molecule has 6 saturated carbocycles. The van der Waals surface area contributed by atoms with Crippen LogP contribution in [-0.4, -0.2) is 5.97 Å². The van der Waals surface area contributed by atoms with Crippen molar-refractivity contribution in [3.8, 4) is 0 Å². The van der Waals surface area contributed by atoms with Crippen LogP contribution in [0.5, 0.6) is 0 Å². The highest BCUT2D eigenvalue weighted by Gasteiger charge is 2.95. The molecule has 2 nitrogen and oxygen atoms in total. The van der Waals surface area contributed by atoms with Crippen LogP contribution in [0.15, 0.2) is 111 Å². The van der Waals surface area contributed by atoms with E-state index in [0.717, 1.165) is 59.5 Å². The summed E-state index contributed by atoms with van der Waals surface area (Å²) in [6.07, 6.45) is 17.6. The summed E-state index contributed by atoms with van der Waals surface area (Å²) in [7, 11) is 0. The van der Waals surface area contributed by atoms with Gasteiger partial charge in [0.25, 0.3) is 0 Å². The van der Waals surface area contributed by atoms with E-state index < -0.39 is 0 Å². The van der Waals surface area contributed by atoms with Crippen molar-refractivity contribution in [3.63, 3.8) is 0 Å². The van der Waals surface area contributed by atoms with Gasteiger partial charge in [0.2, 0.25) is 0 Å². The first-order valence-electron chi connectivity index (χ1n) is 25.0. The lowest BCUT2D eigenvalue weighted by Gasteiger charge is -2.45. The van der Waals surface area contributed by atoms with Crippen molar-refractivity contribution in [3.05, 3.63) is 161 Å². The first kappa shape index (κ1) is 31.8. The van der Waals surface area contributed by atoms with Crippen molar-refractivity contribution >= 4 is 39.9 Å². The molecule has 0 amide bonds. The minimum atomic E-state index is -0.110. The van der Waals surface area contributed by atoms with Crippen LogP contribution in [0.3, 0.4) is 0 Å². The number of rotatable bonds is 8. The van der Waals surface area contributed by atoms with Gasteiger partial charge in [-0.15, -0.1) is 0 Å². The lowest BCUT2D eigenvalue weighted by atomic mass is 9.58. The molecule has 16 aliphatic carbocycles. The Morgan fingerprint density at radius 1 is 0.661 bits per heavy atom. The number of benzene rings is 3. The smallest absolute Gasteiger partial charge is 0.306 e. The molecule has 3 aromatic rings. The third kappa shape index (κ3) is 2.63. The van der Waals surface area contributed by atoms with Gasteiger partial charge < -0.3 is 4.74 Å². The van der Waals surface area contributed by atoms with Gasteiger partial charge in [-0.05, 0) is 229 Å². The standard InChI is InChI=1S/C60H48O2/c1-2-26-10-12-27(13-11-26)25-62-39(61)9-6-24-58(28-7-4-3-5-8-28)59-37-22-23-38-36-21-19-34-32-17-15-30-29-14-16-31-33-18-20-35(37)46-44(33)49-42(31)40(29)48-41(30)43(32)50-45(34)47(36)57(60(38,58)59)55-53(50)51(48)52(49)54(55)56(46)59/h2-5,7-8,10-13,29-31,33,40-42,44H,1,6,9,14-25H2. The Morgan fingerprint density at radius 3 is 2.18 bits per heavy atom. The van der Waals surface area contributed by atoms with Crippen molar-refractivity contribution in [1.82, 2.24) is 0 Å². The Kier molecular flexibility index (Phi) is 4.85. The number of hydrogen-bond donors (Lipinski definition) is 0. The van der Waals surface area contributed by atoms with Crippen LogP contribution in [0.2, 0.25) is 0 Å². The Labute approximate surface area is 362 Å². The van der Waals surface area contributed by atoms with E-state index in [2.05, 4.69) is 61.2 Å². The summed E-state index contributed by atoms with van der Waals surface area (Å²) >= 11 is 0. The highest BCUT2D eigenvalue weighted by molar-refractivity contribution is 6.20. The SMILES string of the molecule is C=Cc1ccc(COC(=O)CCCC2(c3ccccc3)C34C5=C6CCC7C8C6=C3C3=c6c9c%10c%11c%12c6C42C(=C%12CCC=%11C2=C%10C4C6=C9C3=C8C3C7CCC(C4CC2)C63)CC5)cc1. The van der Waals surface area contributed by atoms with Crippen molar-refractivity contribution in [2.45, 2.75) is 101 Å². The van der Waals surface area contributed by atoms with Crippen LogP contribution in [0.25, 0.3) is 33.9 Å². The van der Waals surface area contributed by atoms with Gasteiger partial charge in [-0.2, -0.15) is 0 Å². The number of carbonyl (C=O) groups excluding carboxylic acids is 1. The Bertz CT molecular complexity index is 3350. The highest BCUT2D eigenvalue weighted by atomic mass is 16.5.